The normalized spacial score (nSPS) is 21.7. The summed E-state index contributed by atoms with van der Waals surface area (Å²) in [4.78, 5) is 5.08. The molecule has 26 heavy (non-hydrogen) atoms. The highest BCUT2D eigenvalue weighted by atomic mass is 32.1. The predicted molar refractivity (Wildman–Crippen MR) is 105 cm³/mol. The Morgan fingerprint density at radius 1 is 1.04 bits per heavy atom. The van der Waals surface area contributed by atoms with Crippen LogP contribution in [0.2, 0.25) is 0 Å². The standard InChI is InChI=1S/C19H24N6S/c1-2-8-23(9-3-1)12-15-6-10-24(13-15)18-5-4-17-20-21-19(25(17)22-18)16-7-11-26-14-16/h4-5,7,11,14-15H,1-3,6,8-10,12-13H2. The molecule has 0 aliphatic carbocycles. The number of fused-ring (bicyclic) bond motifs is 1. The number of hydrogen-bond donors (Lipinski definition) is 0. The summed E-state index contributed by atoms with van der Waals surface area (Å²) in [6.45, 7) is 6.00. The maximum absolute atomic E-state index is 4.86. The van der Waals surface area contributed by atoms with Gasteiger partial charge in [-0.1, -0.05) is 6.42 Å². The average Bonchev–Trinajstić information content (AvgIpc) is 3.42. The molecule has 0 N–H and O–H groups in total. The van der Waals surface area contributed by atoms with Gasteiger partial charge < -0.3 is 9.80 Å². The molecule has 136 valence electrons. The van der Waals surface area contributed by atoms with Gasteiger partial charge in [0, 0.05) is 30.6 Å². The number of piperidine rings is 1. The summed E-state index contributed by atoms with van der Waals surface area (Å²) in [6.07, 6.45) is 5.40. The number of likely N-dealkylation sites (tertiary alicyclic amines) is 1. The number of nitrogens with zero attached hydrogens (tertiary/aromatic N) is 6. The van der Waals surface area contributed by atoms with E-state index in [1.807, 2.05) is 10.6 Å². The largest absolute Gasteiger partial charge is 0.355 e. The monoisotopic (exact) mass is 368 g/mol. The van der Waals surface area contributed by atoms with Gasteiger partial charge in [0.15, 0.2) is 11.5 Å². The maximum Gasteiger partial charge on any atom is 0.186 e. The molecule has 2 saturated heterocycles. The molecule has 1 unspecified atom stereocenters. The van der Waals surface area contributed by atoms with Crippen molar-refractivity contribution < 1.29 is 0 Å². The summed E-state index contributed by atoms with van der Waals surface area (Å²) in [5.74, 6) is 2.62. The Balaban J connectivity index is 1.34. The van der Waals surface area contributed by atoms with Crippen molar-refractivity contribution in [2.24, 2.45) is 5.92 Å². The van der Waals surface area contributed by atoms with Gasteiger partial charge in [0.05, 0.1) is 0 Å². The Bertz CT molecular complexity index is 867. The number of rotatable bonds is 4. The van der Waals surface area contributed by atoms with Gasteiger partial charge in [-0.25, -0.2) is 0 Å². The fourth-order valence-electron chi connectivity index (χ4n) is 4.22. The van der Waals surface area contributed by atoms with Crippen LogP contribution in [-0.2, 0) is 0 Å². The van der Waals surface area contributed by atoms with Gasteiger partial charge in [0.1, 0.15) is 5.82 Å². The van der Waals surface area contributed by atoms with Crippen LogP contribution >= 0.6 is 11.3 Å². The third-order valence-corrected chi connectivity index (χ3v) is 6.29. The minimum Gasteiger partial charge on any atom is -0.355 e. The highest BCUT2D eigenvalue weighted by Crippen LogP contribution is 2.26. The summed E-state index contributed by atoms with van der Waals surface area (Å²) >= 11 is 1.67. The lowest BCUT2D eigenvalue weighted by atomic mass is 10.1. The van der Waals surface area contributed by atoms with Crippen molar-refractivity contribution in [2.75, 3.05) is 37.6 Å². The lowest BCUT2D eigenvalue weighted by Gasteiger charge is -2.29. The predicted octanol–water partition coefficient (Wildman–Crippen LogP) is 3.17. The first-order chi connectivity index (χ1) is 12.9. The maximum atomic E-state index is 4.86. The van der Waals surface area contributed by atoms with Gasteiger partial charge in [-0.3, -0.25) is 0 Å². The Hall–Kier alpha value is -1.99. The minimum atomic E-state index is 0.753. The SMILES string of the molecule is c1cc(-c2nnc3ccc(N4CCC(CN5CCCCC5)C4)nn23)cs1. The first-order valence-corrected chi connectivity index (χ1v) is 10.5. The highest BCUT2D eigenvalue weighted by molar-refractivity contribution is 7.08. The van der Waals surface area contributed by atoms with Crippen LogP contribution < -0.4 is 4.90 Å². The quantitative estimate of drug-likeness (QED) is 0.708. The summed E-state index contributed by atoms with van der Waals surface area (Å²) < 4.78 is 1.88. The molecule has 0 saturated carbocycles. The van der Waals surface area contributed by atoms with Gasteiger partial charge in [-0.05, 0) is 61.8 Å². The van der Waals surface area contributed by atoms with E-state index in [9.17, 15) is 0 Å². The number of aromatic nitrogens is 4. The summed E-state index contributed by atoms with van der Waals surface area (Å²) in [5.41, 5.74) is 1.88. The smallest absolute Gasteiger partial charge is 0.186 e. The zero-order valence-electron chi connectivity index (χ0n) is 14.9. The third-order valence-electron chi connectivity index (χ3n) is 5.60. The van der Waals surface area contributed by atoms with E-state index in [0.717, 1.165) is 41.9 Å². The number of anilines is 1. The second-order valence-electron chi connectivity index (χ2n) is 7.46. The molecule has 0 aromatic carbocycles. The van der Waals surface area contributed by atoms with Crippen LogP contribution in [0.25, 0.3) is 17.0 Å². The molecule has 2 fully saturated rings. The molecule has 3 aromatic rings. The third kappa shape index (κ3) is 3.10. The zero-order chi connectivity index (χ0) is 17.3. The first-order valence-electron chi connectivity index (χ1n) is 9.59. The van der Waals surface area contributed by atoms with Crippen molar-refractivity contribution in [1.82, 2.24) is 24.7 Å². The molecular weight excluding hydrogens is 344 g/mol. The molecule has 7 heteroatoms. The van der Waals surface area contributed by atoms with E-state index >= 15 is 0 Å². The fraction of sp³-hybridized carbons (Fsp3) is 0.526. The number of thiophene rings is 1. The van der Waals surface area contributed by atoms with Crippen LogP contribution in [0.1, 0.15) is 25.7 Å². The van der Waals surface area contributed by atoms with Gasteiger partial charge in [0.25, 0.3) is 0 Å². The summed E-state index contributed by atoms with van der Waals surface area (Å²) in [6, 6.07) is 6.19. The van der Waals surface area contributed by atoms with Gasteiger partial charge in [-0.2, -0.15) is 15.9 Å². The van der Waals surface area contributed by atoms with E-state index in [1.165, 1.54) is 45.3 Å². The molecule has 2 aliphatic heterocycles. The average molecular weight is 369 g/mol. The molecule has 0 amide bonds. The lowest BCUT2D eigenvalue weighted by molar-refractivity contribution is 0.201. The second kappa shape index (κ2) is 6.96. The van der Waals surface area contributed by atoms with Crippen molar-refractivity contribution in [1.29, 1.82) is 0 Å². The van der Waals surface area contributed by atoms with Crippen LogP contribution in [0.5, 0.6) is 0 Å². The molecule has 5 rings (SSSR count). The molecule has 0 radical (unpaired) electrons. The summed E-state index contributed by atoms with van der Waals surface area (Å²) in [7, 11) is 0. The van der Waals surface area contributed by atoms with Crippen LogP contribution in [0, 0.1) is 5.92 Å². The molecule has 1 atom stereocenters. The van der Waals surface area contributed by atoms with Crippen LogP contribution in [-0.4, -0.2) is 57.4 Å². The topological polar surface area (TPSA) is 49.6 Å². The molecule has 3 aromatic heterocycles. The lowest BCUT2D eigenvalue weighted by Crippen LogP contribution is -2.35. The molecular formula is C19H24N6S. The summed E-state index contributed by atoms with van der Waals surface area (Å²) in [5, 5.41) is 17.6. The van der Waals surface area contributed by atoms with Crippen molar-refractivity contribution in [2.45, 2.75) is 25.7 Å². The highest BCUT2D eigenvalue weighted by Gasteiger charge is 2.26. The Kier molecular flexibility index (Phi) is 4.34. The second-order valence-corrected chi connectivity index (χ2v) is 8.24. The van der Waals surface area contributed by atoms with E-state index in [-0.39, 0.29) is 0 Å². The van der Waals surface area contributed by atoms with Gasteiger partial charge >= 0.3 is 0 Å². The Morgan fingerprint density at radius 3 is 2.81 bits per heavy atom. The van der Waals surface area contributed by atoms with Crippen LogP contribution in [0.15, 0.2) is 29.0 Å². The van der Waals surface area contributed by atoms with E-state index < -0.39 is 0 Å². The minimum absolute atomic E-state index is 0.753. The van der Waals surface area contributed by atoms with E-state index in [2.05, 4.69) is 42.9 Å². The zero-order valence-corrected chi connectivity index (χ0v) is 15.7. The van der Waals surface area contributed by atoms with E-state index in [1.54, 1.807) is 11.3 Å². The Morgan fingerprint density at radius 2 is 1.96 bits per heavy atom. The van der Waals surface area contributed by atoms with Gasteiger partial charge in [-0.15, -0.1) is 15.3 Å². The van der Waals surface area contributed by atoms with Crippen molar-refractivity contribution in [3.63, 3.8) is 0 Å². The van der Waals surface area contributed by atoms with Crippen LogP contribution in [0.4, 0.5) is 5.82 Å². The van der Waals surface area contributed by atoms with Crippen LogP contribution in [0.3, 0.4) is 0 Å². The molecule has 0 spiro atoms. The Labute approximate surface area is 157 Å². The fourth-order valence-corrected chi connectivity index (χ4v) is 4.85. The number of hydrogen-bond acceptors (Lipinski definition) is 6. The molecule has 6 nitrogen and oxygen atoms in total. The molecule has 5 heterocycles. The van der Waals surface area contributed by atoms with Crippen molar-refractivity contribution >= 4 is 22.8 Å². The van der Waals surface area contributed by atoms with E-state index in [4.69, 9.17) is 5.10 Å². The van der Waals surface area contributed by atoms with Gasteiger partial charge in [0.2, 0.25) is 0 Å². The van der Waals surface area contributed by atoms with Crippen molar-refractivity contribution in [3.8, 4) is 11.4 Å². The molecule has 0 bridgehead atoms. The molecule has 2 aliphatic rings. The first kappa shape index (κ1) is 16.2. The van der Waals surface area contributed by atoms with E-state index in [0.29, 0.717) is 0 Å². The van der Waals surface area contributed by atoms with Crippen molar-refractivity contribution in [3.05, 3.63) is 29.0 Å².